The van der Waals surface area contributed by atoms with E-state index in [1.165, 1.54) is 54.4 Å². The molecule has 0 heterocycles. The van der Waals surface area contributed by atoms with E-state index in [4.69, 9.17) is 9.47 Å². The fourth-order valence-corrected chi connectivity index (χ4v) is 9.40. The second-order valence-corrected chi connectivity index (χ2v) is 18.7. The first-order valence-electron chi connectivity index (χ1n) is 25.2. The summed E-state index contributed by atoms with van der Waals surface area (Å²) in [5, 5.41) is 36.9. The first kappa shape index (κ1) is 50.3. The van der Waals surface area contributed by atoms with Gasteiger partial charge in [-0.05, 0) is 125 Å². The van der Waals surface area contributed by atoms with Crippen LogP contribution in [0, 0.1) is 0 Å². The molecule has 3 N–H and O–H groups in total. The van der Waals surface area contributed by atoms with Gasteiger partial charge in [0.15, 0.2) is 0 Å². The number of aryl methyl sites for hydroxylation is 4. The van der Waals surface area contributed by atoms with Crippen molar-refractivity contribution in [2.24, 2.45) is 0 Å². The van der Waals surface area contributed by atoms with Crippen LogP contribution >= 0.6 is 0 Å². The van der Waals surface area contributed by atoms with E-state index in [1.54, 1.807) is 6.92 Å². The van der Waals surface area contributed by atoms with Crippen molar-refractivity contribution in [1.29, 1.82) is 0 Å². The Morgan fingerprint density at radius 1 is 0.453 bits per heavy atom. The summed E-state index contributed by atoms with van der Waals surface area (Å²) in [5.74, 6) is 1.01. The number of fused-ring (bicyclic) bond motifs is 8. The Kier molecular flexibility index (Phi) is 20.7. The van der Waals surface area contributed by atoms with E-state index in [1.807, 2.05) is 0 Å². The molecule has 8 bridgehead atoms. The number of rotatable bonds is 25. The van der Waals surface area contributed by atoms with Crippen LogP contribution in [0.25, 0.3) is 0 Å². The molecule has 0 saturated heterocycles. The lowest BCUT2D eigenvalue weighted by Crippen LogP contribution is -2.14. The molecule has 1 aliphatic rings. The first-order chi connectivity index (χ1) is 31.0. The van der Waals surface area contributed by atoms with E-state index >= 15 is 0 Å². The van der Waals surface area contributed by atoms with Crippen molar-refractivity contribution in [3.05, 3.63) is 127 Å². The van der Waals surface area contributed by atoms with Gasteiger partial charge in [0.2, 0.25) is 0 Å². The Hall–Kier alpha value is -4.71. The number of carbonyl (C=O) groups excluding carboxylic acids is 1. The minimum atomic E-state index is -0.450. The van der Waals surface area contributed by atoms with E-state index in [0.717, 1.165) is 141 Å². The number of ether oxygens (including phenoxy) is 2. The number of benzene rings is 4. The molecule has 6 nitrogen and oxygen atoms in total. The Morgan fingerprint density at radius 3 is 1.02 bits per heavy atom. The molecular formula is C58H80O6. The molecule has 0 atom stereocenters. The molecule has 0 aromatic heterocycles. The smallest absolute Gasteiger partial charge is 0.333 e. The van der Waals surface area contributed by atoms with Crippen molar-refractivity contribution in [3.8, 4) is 23.0 Å². The van der Waals surface area contributed by atoms with E-state index < -0.39 is 5.97 Å². The van der Waals surface area contributed by atoms with Crippen LogP contribution in [0.3, 0.4) is 0 Å². The molecule has 1 aliphatic carbocycles. The summed E-state index contributed by atoms with van der Waals surface area (Å²) < 4.78 is 12.2. The number of carbonyl (C=O) groups is 1. The van der Waals surface area contributed by atoms with Crippen LogP contribution in [0.2, 0.25) is 0 Å². The van der Waals surface area contributed by atoms with Gasteiger partial charge >= 0.3 is 5.97 Å². The molecule has 6 heteroatoms. The van der Waals surface area contributed by atoms with Gasteiger partial charge in [-0.2, -0.15) is 0 Å². The second-order valence-electron chi connectivity index (χ2n) is 18.7. The van der Waals surface area contributed by atoms with E-state index in [-0.39, 0.29) is 30.5 Å². The van der Waals surface area contributed by atoms with E-state index in [0.29, 0.717) is 37.0 Å². The molecule has 348 valence electrons. The summed E-state index contributed by atoms with van der Waals surface area (Å²) in [5.41, 5.74) is 11.9. The number of unbranched alkanes of at least 4 members (excludes halogenated alkanes) is 12. The lowest BCUT2D eigenvalue weighted by atomic mass is 9.87. The highest BCUT2D eigenvalue weighted by Crippen LogP contribution is 2.40. The topological polar surface area (TPSA) is 96.2 Å². The maximum atomic E-state index is 12.4. The normalized spacial score (nSPS) is 12.3. The van der Waals surface area contributed by atoms with Gasteiger partial charge in [0.1, 0.15) is 36.2 Å². The predicted molar refractivity (Wildman–Crippen MR) is 265 cm³/mol. The van der Waals surface area contributed by atoms with Crippen molar-refractivity contribution in [2.75, 3.05) is 13.2 Å². The molecular weight excluding hydrogens is 793 g/mol. The summed E-state index contributed by atoms with van der Waals surface area (Å²) >= 11 is 0. The molecule has 4 aromatic rings. The zero-order valence-electron chi connectivity index (χ0n) is 40.3. The van der Waals surface area contributed by atoms with Crippen LogP contribution in [0.5, 0.6) is 23.0 Å². The highest BCUT2D eigenvalue weighted by atomic mass is 16.6. The van der Waals surface area contributed by atoms with Gasteiger partial charge in [-0.15, -0.1) is 0 Å². The zero-order valence-corrected chi connectivity index (χ0v) is 40.3. The largest absolute Gasteiger partial charge is 0.507 e. The number of aromatic hydroxyl groups is 3. The average molecular weight is 873 g/mol. The lowest BCUT2D eigenvalue weighted by Gasteiger charge is -2.22. The third-order valence-corrected chi connectivity index (χ3v) is 13.0. The van der Waals surface area contributed by atoms with Gasteiger partial charge < -0.3 is 24.8 Å². The van der Waals surface area contributed by atoms with E-state index in [2.05, 4.69) is 82.8 Å². The Morgan fingerprint density at radius 2 is 0.734 bits per heavy atom. The minimum Gasteiger partial charge on any atom is -0.507 e. The van der Waals surface area contributed by atoms with Crippen molar-refractivity contribution in [1.82, 2.24) is 0 Å². The fraction of sp³-hybridized carbons (Fsp3) is 0.534. The highest BCUT2D eigenvalue weighted by Gasteiger charge is 2.23. The van der Waals surface area contributed by atoms with Crippen LogP contribution < -0.4 is 4.74 Å². The van der Waals surface area contributed by atoms with Crippen molar-refractivity contribution in [3.63, 3.8) is 0 Å². The van der Waals surface area contributed by atoms with Crippen LogP contribution in [0.15, 0.2) is 60.7 Å². The van der Waals surface area contributed by atoms with Crippen LogP contribution in [0.4, 0.5) is 0 Å². The van der Waals surface area contributed by atoms with Gasteiger partial charge in [0.05, 0.1) is 0 Å². The van der Waals surface area contributed by atoms with Gasteiger partial charge in [-0.25, -0.2) is 4.79 Å². The predicted octanol–water partition coefficient (Wildman–Crippen LogP) is 14.5. The van der Waals surface area contributed by atoms with Gasteiger partial charge in [0.25, 0.3) is 0 Å². The summed E-state index contributed by atoms with van der Waals surface area (Å²) in [6.45, 7) is 14.5. The van der Waals surface area contributed by atoms with Gasteiger partial charge in [-0.3, -0.25) is 0 Å². The summed E-state index contributed by atoms with van der Waals surface area (Å²) in [4.78, 5) is 12.4. The lowest BCUT2D eigenvalue weighted by molar-refractivity contribution is -0.139. The third-order valence-electron chi connectivity index (χ3n) is 13.0. The number of phenols is 3. The molecule has 0 aliphatic heterocycles. The quantitative estimate of drug-likeness (QED) is 0.0307. The zero-order chi connectivity index (χ0) is 45.8. The van der Waals surface area contributed by atoms with Crippen molar-refractivity contribution in [2.45, 2.75) is 189 Å². The number of hydrogen-bond acceptors (Lipinski definition) is 6. The third kappa shape index (κ3) is 14.9. The monoisotopic (exact) mass is 873 g/mol. The first-order valence-corrected chi connectivity index (χ1v) is 25.2. The molecule has 0 amide bonds. The number of phenolic OH excluding ortho intramolecular Hbond substituents is 3. The second kappa shape index (κ2) is 26.3. The minimum absolute atomic E-state index is 0.0659. The standard InChI is InChI=1S/C58H80O6/c1-7-11-15-19-23-42-29-46-37-48-31-43(24-20-16-12-8-2)33-50(55(48)60)39-52-35-45(26-22-18-14-10-4)36-53(57(52)63-27-28-64-58(62)41(5)6)40-51-34-44(25-21-17-13-9-3)32-49(56(51)61)38-47(30-42)54(46)59/h29-36,59-61H,5,7-28,37-40H2,1-4,6H3. The van der Waals surface area contributed by atoms with Crippen molar-refractivity contribution >= 4 is 5.97 Å². The highest BCUT2D eigenvalue weighted by molar-refractivity contribution is 5.86. The summed E-state index contributed by atoms with van der Waals surface area (Å²) in [7, 11) is 0. The molecule has 0 spiro atoms. The van der Waals surface area contributed by atoms with Crippen LogP contribution in [0.1, 0.15) is 204 Å². The average Bonchev–Trinajstić information content (AvgIpc) is 3.27. The van der Waals surface area contributed by atoms with Crippen LogP contribution in [-0.2, 0) is 60.9 Å². The number of esters is 1. The Labute approximate surface area is 386 Å². The fourth-order valence-electron chi connectivity index (χ4n) is 9.40. The SMILES string of the molecule is C=C(C)C(=O)OCCOc1c2cc(CCCCCC)cc1Cc1cc(CCCCCC)cc(c1O)Cc1cc(CCCCCC)cc(c1O)Cc1cc(CCCCCC)cc(c1O)C2. The molecule has 0 saturated carbocycles. The molecule has 64 heavy (non-hydrogen) atoms. The van der Waals surface area contributed by atoms with Crippen LogP contribution in [-0.4, -0.2) is 34.5 Å². The number of hydrogen-bond donors (Lipinski definition) is 3. The molecule has 5 rings (SSSR count). The van der Waals surface area contributed by atoms with E-state index in [9.17, 15) is 20.1 Å². The molecule has 0 fully saturated rings. The van der Waals surface area contributed by atoms with Crippen molar-refractivity contribution < 1.29 is 29.6 Å². The molecule has 0 radical (unpaired) electrons. The summed E-state index contributed by atoms with van der Waals surface area (Å²) in [6, 6.07) is 17.5. The maximum absolute atomic E-state index is 12.4. The van der Waals surface area contributed by atoms with Gasteiger partial charge in [0, 0.05) is 31.3 Å². The Balaban J connectivity index is 1.74. The van der Waals surface area contributed by atoms with Gasteiger partial charge in [-0.1, -0.05) is 160 Å². The maximum Gasteiger partial charge on any atom is 0.333 e. The Bertz CT molecular complexity index is 2010. The summed E-state index contributed by atoms with van der Waals surface area (Å²) in [6.07, 6.45) is 23.6. The molecule has 0 unspecified atom stereocenters. The molecule has 4 aromatic carbocycles.